The van der Waals surface area contributed by atoms with Gasteiger partial charge in [0.2, 0.25) is 0 Å². The fourth-order valence-electron chi connectivity index (χ4n) is 1.81. The monoisotopic (exact) mass is 213 g/mol. The molecule has 2 rings (SSSR count). The van der Waals surface area contributed by atoms with Crippen molar-refractivity contribution in [3.63, 3.8) is 0 Å². The number of aliphatic hydroxyl groups is 1. The molecule has 1 aromatic rings. The van der Waals surface area contributed by atoms with Crippen molar-refractivity contribution in [1.82, 2.24) is 15.5 Å². The summed E-state index contributed by atoms with van der Waals surface area (Å²) in [5, 5.41) is 22.9. The summed E-state index contributed by atoms with van der Waals surface area (Å²) >= 11 is 1.61. The Hall–Kier alpha value is -0.520. The largest absolute Gasteiger partial charge is 0.392 e. The number of nitrogens with one attached hydrogen (secondary N) is 1. The zero-order valence-corrected chi connectivity index (χ0v) is 9.05. The Bertz CT molecular complexity index is 302. The second kappa shape index (κ2) is 4.33. The third-order valence-electron chi connectivity index (χ3n) is 2.56. The van der Waals surface area contributed by atoms with E-state index < -0.39 is 0 Å². The summed E-state index contributed by atoms with van der Waals surface area (Å²) in [5.41, 5.74) is 0. The first-order chi connectivity index (χ1) is 6.75. The number of aromatic nitrogens is 2. The van der Waals surface area contributed by atoms with Crippen LogP contribution in [0.1, 0.15) is 29.3 Å². The molecule has 1 heterocycles. The average Bonchev–Trinajstić information content (AvgIpc) is 2.72. The minimum Gasteiger partial charge on any atom is -0.392 e. The van der Waals surface area contributed by atoms with Crippen LogP contribution in [0.15, 0.2) is 0 Å². The van der Waals surface area contributed by atoms with Crippen LogP contribution in [0.4, 0.5) is 0 Å². The van der Waals surface area contributed by atoms with E-state index in [-0.39, 0.29) is 12.1 Å². The Morgan fingerprint density at radius 1 is 1.50 bits per heavy atom. The topological polar surface area (TPSA) is 58.0 Å². The molecule has 0 aromatic carbocycles. The molecule has 0 unspecified atom stereocenters. The van der Waals surface area contributed by atoms with Gasteiger partial charge in [-0.25, -0.2) is 0 Å². The SMILES string of the molecule is Cc1nnc(CN[C@H]2CCC[C@@H]2O)s1. The van der Waals surface area contributed by atoms with E-state index in [1.807, 2.05) is 6.92 Å². The number of aryl methyl sites for hydroxylation is 1. The third kappa shape index (κ3) is 2.29. The van der Waals surface area contributed by atoms with Gasteiger partial charge >= 0.3 is 0 Å². The van der Waals surface area contributed by atoms with Gasteiger partial charge < -0.3 is 10.4 Å². The lowest BCUT2D eigenvalue weighted by atomic mass is 10.2. The van der Waals surface area contributed by atoms with E-state index in [0.717, 1.165) is 35.8 Å². The molecular weight excluding hydrogens is 198 g/mol. The van der Waals surface area contributed by atoms with Gasteiger partial charge in [0.25, 0.3) is 0 Å². The highest BCUT2D eigenvalue weighted by Crippen LogP contribution is 2.19. The van der Waals surface area contributed by atoms with Gasteiger partial charge in [0, 0.05) is 6.04 Å². The van der Waals surface area contributed by atoms with Gasteiger partial charge in [0.05, 0.1) is 12.6 Å². The molecule has 2 N–H and O–H groups in total. The normalized spacial score (nSPS) is 27.0. The molecule has 0 radical (unpaired) electrons. The Labute approximate surface area is 87.4 Å². The molecule has 0 aliphatic heterocycles. The smallest absolute Gasteiger partial charge is 0.131 e. The second-order valence-corrected chi connectivity index (χ2v) is 4.97. The van der Waals surface area contributed by atoms with E-state index in [2.05, 4.69) is 15.5 Å². The molecule has 78 valence electrons. The Morgan fingerprint density at radius 3 is 2.93 bits per heavy atom. The molecule has 1 fully saturated rings. The van der Waals surface area contributed by atoms with Crippen LogP contribution < -0.4 is 5.32 Å². The van der Waals surface area contributed by atoms with Crippen molar-refractivity contribution in [3.8, 4) is 0 Å². The third-order valence-corrected chi connectivity index (χ3v) is 3.40. The molecule has 0 saturated heterocycles. The van der Waals surface area contributed by atoms with E-state index in [0.29, 0.717) is 0 Å². The van der Waals surface area contributed by atoms with Crippen molar-refractivity contribution in [2.75, 3.05) is 0 Å². The van der Waals surface area contributed by atoms with E-state index in [1.165, 1.54) is 0 Å². The van der Waals surface area contributed by atoms with Crippen LogP contribution in [-0.4, -0.2) is 27.4 Å². The van der Waals surface area contributed by atoms with Gasteiger partial charge in [-0.2, -0.15) is 0 Å². The number of hydrogen-bond donors (Lipinski definition) is 2. The summed E-state index contributed by atoms with van der Waals surface area (Å²) in [6.45, 7) is 2.68. The fourth-order valence-corrected chi connectivity index (χ4v) is 2.47. The minimum absolute atomic E-state index is 0.177. The highest BCUT2D eigenvalue weighted by Gasteiger charge is 2.24. The predicted octanol–water partition coefficient (Wildman–Crippen LogP) is 0.850. The van der Waals surface area contributed by atoms with Crippen molar-refractivity contribution in [2.45, 2.75) is 44.9 Å². The van der Waals surface area contributed by atoms with Crippen LogP contribution in [0.25, 0.3) is 0 Å². The first-order valence-corrected chi connectivity index (χ1v) is 5.78. The molecule has 0 spiro atoms. The van der Waals surface area contributed by atoms with Crippen LogP contribution >= 0.6 is 11.3 Å². The van der Waals surface area contributed by atoms with Gasteiger partial charge in [-0.05, 0) is 26.2 Å². The zero-order valence-electron chi connectivity index (χ0n) is 8.23. The molecule has 0 bridgehead atoms. The van der Waals surface area contributed by atoms with Crippen LogP contribution in [-0.2, 0) is 6.54 Å². The molecule has 4 nitrogen and oxygen atoms in total. The zero-order chi connectivity index (χ0) is 9.97. The van der Waals surface area contributed by atoms with E-state index in [4.69, 9.17) is 0 Å². The molecule has 1 aromatic heterocycles. The lowest BCUT2D eigenvalue weighted by Gasteiger charge is -2.14. The summed E-state index contributed by atoms with van der Waals surface area (Å²) in [7, 11) is 0. The maximum Gasteiger partial charge on any atom is 0.131 e. The lowest BCUT2D eigenvalue weighted by Crippen LogP contribution is -2.34. The van der Waals surface area contributed by atoms with Crippen molar-refractivity contribution in [3.05, 3.63) is 10.0 Å². The standard InChI is InChI=1S/C9H15N3OS/c1-6-11-12-9(14-6)5-10-7-3-2-4-8(7)13/h7-8,10,13H,2-5H2,1H3/t7-,8-/m0/s1. The number of hydrogen-bond acceptors (Lipinski definition) is 5. The highest BCUT2D eigenvalue weighted by molar-refractivity contribution is 7.11. The fraction of sp³-hybridized carbons (Fsp3) is 0.778. The van der Waals surface area contributed by atoms with E-state index in [1.54, 1.807) is 11.3 Å². The Balaban J connectivity index is 1.82. The van der Waals surface area contributed by atoms with Crippen LogP contribution in [0.2, 0.25) is 0 Å². The molecule has 5 heteroatoms. The number of aliphatic hydroxyl groups excluding tert-OH is 1. The molecule has 1 saturated carbocycles. The molecule has 2 atom stereocenters. The van der Waals surface area contributed by atoms with Crippen molar-refractivity contribution in [1.29, 1.82) is 0 Å². The first kappa shape index (κ1) is 10.0. The van der Waals surface area contributed by atoms with Gasteiger partial charge in [-0.1, -0.05) is 0 Å². The lowest BCUT2D eigenvalue weighted by molar-refractivity contribution is 0.148. The number of rotatable bonds is 3. The molecule has 1 aliphatic rings. The summed E-state index contributed by atoms with van der Waals surface area (Å²) in [6.07, 6.45) is 2.93. The molecular formula is C9H15N3OS. The molecule has 1 aliphatic carbocycles. The van der Waals surface area contributed by atoms with Crippen molar-refractivity contribution < 1.29 is 5.11 Å². The minimum atomic E-state index is -0.177. The van der Waals surface area contributed by atoms with E-state index in [9.17, 15) is 5.11 Å². The molecule has 0 amide bonds. The number of nitrogens with zero attached hydrogens (tertiary/aromatic N) is 2. The summed E-state index contributed by atoms with van der Waals surface area (Å²) in [5.74, 6) is 0. The van der Waals surface area contributed by atoms with Crippen LogP contribution in [0.5, 0.6) is 0 Å². The predicted molar refractivity (Wildman–Crippen MR) is 55.1 cm³/mol. The summed E-state index contributed by atoms with van der Waals surface area (Å²) < 4.78 is 0. The highest BCUT2D eigenvalue weighted by atomic mass is 32.1. The van der Waals surface area contributed by atoms with Crippen LogP contribution in [0, 0.1) is 6.92 Å². The van der Waals surface area contributed by atoms with E-state index >= 15 is 0 Å². The van der Waals surface area contributed by atoms with Gasteiger partial charge in [0.15, 0.2) is 0 Å². The van der Waals surface area contributed by atoms with Crippen molar-refractivity contribution >= 4 is 11.3 Å². The quantitative estimate of drug-likeness (QED) is 0.781. The van der Waals surface area contributed by atoms with Gasteiger partial charge in [0.1, 0.15) is 10.0 Å². The van der Waals surface area contributed by atoms with Gasteiger partial charge in [-0.3, -0.25) is 0 Å². The Kier molecular flexibility index (Phi) is 3.10. The maximum absolute atomic E-state index is 9.58. The summed E-state index contributed by atoms with van der Waals surface area (Å²) in [4.78, 5) is 0. The molecule has 14 heavy (non-hydrogen) atoms. The maximum atomic E-state index is 9.58. The average molecular weight is 213 g/mol. The van der Waals surface area contributed by atoms with Crippen LogP contribution in [0.3, 0.4) is 0 Å². The second-order valence-electron chi connectivity index (χ2n) is 3.70. The van der Waals surface area contributed by atoms with Crippen molar-refractivity contribution in [2.24, 2.45) is 0 Å². The summed E-state index contributed by atoms with van der Waals surface area (Å²) in [6, 6.07) is 0.249. The van der Waals surface area contributed by atoms with Gasteiger partial charge in [-0.15, -0.1) is 21.5 Å². The first-order valence-electron chi connectivity index (χ1n) is 4.96. The Morgan fingerprint density at radius 2 is 2.36 bits per heavy atom.